The number of halogens is 1. The first kappa shape index (κ1) is 25.9. The van der Waals surface area contributed by atoms with Gasteiger partial charge in [-0.15, -0.1) is 0 Å². The smallest absolute Gasteiger partial charge is 0.336 e. The van der Waals surface area contributed by atoms with Crippen LogP contribution in [0.25, 0.3) is 0 Å². The molecule has 1 amide bonds. The summed E-state index contributed by atoms with van der Waals surface area (Å²) in [5, 5.41) is 12.2. The van der Waals surface area contributed by atoms with E-state index in [0.717, 1.165) is 55.2 Å². The summed E-state index contributed by atoms with van der Waals surface area (Å²) < 4.78 is 6.39. The molecule has 7 nitrogen and oxygen atoms in total. The van der Waals surface area contributed by atoms with Crippen molar-refractivity contribution in [3.63, 3.8) is 0 Å². The molecular formula is C28H30BrN3O4. The lowest BCUT2D eigenvalue weighted by Gasteiger charge is -2.36. The molecule has 8 heteroatoms. The lowest BCUT2D eigenvalue weighted by atomic mass is 10.0. The average molecular weight is 552 g/mol. The Morgan fingerprint density at radius 1 is 1.03 bits per heavy atom. The fourth-order valence-electron chi connectivity index (χ4n) is 4.40. The third-order valence-corrected chi connectivity index (χ3v) is 7.02. The third-order valence-electron chi connectivity index (χ3n) is 6.36. The molecule has 0 saturated carbocycles. The van der Waals surface area contributed by atoms with E-state index in [4.69, 9.17) is 4.74 Å². The van der Waals surface area contributed by atoms with Gasteiger partial charge in [0.25, 0.3) is 0 Å². The number of benzene rings is 3. The molecule has 3 aromatic rings. The molecule has 0 spiro atoms. The number of carbonyl (C=O) groups excluding carboxylic acids is 1. The summed E-state index contributed by atoms with van der Waals surface area (Å²) in [6.07, 6.45) is 1.95. The maximum absolute atomic E-state index is 12.6. The van der Waals surface area contributed by atoms with Gasteiger partial charge >= 0.3 is 5.97 Å². The second-order valence-electron chi connectivity index (χ2n) is 9.03. The second-order valence-corrected chi connectivity index (χ2v) is 9.88. The molecule has 0 bridgehead atoms. The normalized spacial score (nSPS) is 14.5. The first-order valence-electron chi connectivity index (χ1n) is 11.9. The predicted octanol–water partition coefficient (Wildman–Crippen LogP) is 5.47. The molecule has 0 unspecified atom stereocenters. The van der Waals surface area contributed by atoms with Crippen LogP contribution in [0.4, 0.5) is 5.69 Å². The molecule has 0 aromatic heterocycles. The standard InChI is InChI=1S/C28H30BrN3O4/c1-31(18-20-7-12-25(28(34)35)26(29)17-20)22-13-15-32(16-14-22)19-27(33)30-21-8-10-24(11-9-21)36-23-5-3-2-4-6-23/h2-12,17,22H,13-16,18-19H2,1H3,(H,30,33)(H,34,35). The van der Waals surface area contributed by atoms with Gasteiger partial charge in [-0.3, -0.25) is 14.6 Å². The van der Waals surface area contributed by atoms with Gasteiger partial charge in [-0.1, -0.05) is 24.3 Å². The number of piperidine rings is 1. The number of carboxylic acids is 1. The van der Waals surface area contributed by atoms with E-state index in [9.17, 15) is 14.7 Å². The molecule has 1 aliphatic rings. The SMILES string of the molecule is CN(Cc1ccc(C(=O)O)c(Br)c1)C1CCN(CC(=O)Nc2ccc(Oc3ccccc3)cc2)CC1. The first-order chi connectivity index (χ1) is 17.4. The van der Waals surface area contributed by atoms with Crippen molar-refractivity contribution in [2.45, 2.75) is 25.4 Å². The van der Waals surface area contributed by atoms with E-state index >= 15 is 0 Å². The van der Waals surface area contributed by atoms with Crippen molar-refractivity contribution in [1.29, 1.82) is 0 Å². The number of carbonyl (C=O) groups is 2. The summed E-state index contributed by atoms with van der Waals surface area (Å²) in [6, 6.07) is 22.8. The predicted molar refractivity (Wildman–Crippen MR) is 144 cm³/mol. The van der Waals surface area contributed by atoms with Crippen LogP contribution < -0.4 is 10.1 Å². The monoisotopic (exact) mass is 551 g/mol. The number of likely N-dealkylation sites (tertiary alicyclic amines) is 1. The van der Waals surface area contributed by atoms with E-state index in [0.29, 0.717) is 17.1 Å². The number of nitrogens with one attached hydrogen (secondary N) is 1. The van der Waals surface area contributed by atoms with Crippen LogP contribution in [0, 0.1) is 0 Å². The number of ether oxygens (including phenoxy) is 1. The van der Waals surface area contributed by atoms with Gasteiger partial charge < -0.3 is 15.2 Å². The van der Waals surface area contributed by atoms with Gasteiger partial charge in [0, 0.05) is 35.8 Å². The Morgan fingerprint density at radius 3 is 2.33 bits per heavy atom. The number of anilines is 1. The Labute approximate surface area is 219 Å². The maximum Gasteiger partial charge on any atom is 0.336 e. The third kappa shape index (κ3) is 7.16. The number of carboxylic acid groups (broad SMARTS) is 1. The van der Waals surface area contributed by atoms with Gasteiger partial charge in [0.15, 0.2) is 0 Å². The van der Waals surface area contributed by atoms with Crippen molar-refractivity contribution in [3.05, 3.63) is 88.4 Å². The van der Waals surface area contributed by atoms with Gasteiger partial charge in [0.2, 0.25) is 5.91 Å². The molecule has 1 heterocycles. The Kier molecular flexibility index (Phi) is 8.74. The highest BCUT2D eigenvalue weighted by molar-refractivity contribution is 9.10. The number of aromatic carboxylic acids is 1. The molecule has 188 valence electrons. The van der Waals surface area contributed by atoms with Crippen molar-refractivity contribution in [1.82, 2.24) is 9.80 Å². The zero-order chi connectivity index (χ0) is 25.5. The van der Waals surface area contributed by atoms with E-state index in [2.05, 4.69) is 38.1 Å². The molecule has 1 saturated heterocycles. The highest BCUT2D eigenvalue weighted by Crippen LogP contribution is 2.24. The van der Waals surface area contributed by atoms with E-state index in [1.165, 1.54) is 0 Å². The lowest BCUT2D eigenvalue weighted by molar-refractivity contribution is -0.117. The summed E-state index contributed by atoms with van der Waals surface area (Å²) in [5.41, 5.74) is 2.08. The summed E-state index contributed by atoms with van der Waals surface area (Å²) in [7, 11) is 2.09. The Balaban J connectivity index is 1.20. The molecule has 0 atom stereocenters. The topological polar surface area (TPSA) is 82.1 Å². The van der Waals surface area contributed by atoms with Crippen molar-refractivity contribution in [2.75, 3.05) is 32.0 Å². The Bertz CT molecular complexity index is 1180. The average Bonchev–Trinajstić information content (AvgIpc) is 2.86. The molecule has 36 heavy (non-hydrogen) atoms. The van der Waals surface area contributed by atoms with Crippen LogP contribution in [0.2, 0.25) is 0 Å². The maximum atomic E-state index is 12.6. The molecule has 1 aliphatic heterocycles. The number of para-hydroxylation sites is 1. The van der Waals surface area contributed by atoms with Crippen LogP contribution in [-0.4, -0.2) is 59.5 Å². The van der Waals surface area contributed by atoms with E-state index in [-0.39, 0.29) is 11.5 Å². The molecule has 1 fully saturated rings. The van der Waals surface area contributed by atoms with Gasteiger partial charge in [-0.2, -0.15) is 0 Å². The molecule has 4 rings (SSSR count). The Hall–Kier alpha value is -3.20. The number of hydrogen-bond donors (Lipinski definition) is 2. The highest BCUT2D eigenvalue weighted by atomic mass is 79.9. The van der Waals surface area contributed by atoms with E-state index in [1.54, 1.807) is 6.07 Å². The zero-order valence-corrected chi connectivity index (χ0v) is 21.8. The number of rotatable bonds is 9. The molecule has 3 aromatic carbocycles. The van der Waals surface area contributed by atoms with Crippen LogP contribution in [0.5, 0.6) is 11.5 Å². The quantitative estimate of drug-likeness (QED) is 0.366. The van der Waals surface area contributed by atoms with Gasteiger partial charge in [-0.05, 0) is 89.9 Å². The van der Waals surface area contributed by atoms with Crippen LogP contribution >= 0.6 is 15.9 Å². The van der Waals surface area contributed by atoms with Gasteiger partial charge in [0.1, 0.15) is 11.5 Å². The fraction of sp³-hybridized carbons (Fsp3) is 0.286. The van der Waals surface area contributed by atoms with Crippen molar-refractivity contribution < 1.29 is 19.4 Å². The van der Waals surface area contributed by atoms with Crippen molar-refractivity contribution in [2.24, 2.45) is 0 Å². The van der Waals surface area contributed by atoms with Crippen LogP contribution in [0.1, 0.15) is 28.8 Å². The highest BCUT2D eigenvalue weighted by Gasteiger charge is 2.24. The minimum absolute atomic E-state index is 0.0260. The van der Waals surface area contributed by atoms with Crippen LogP contribution in [0.3, 0.4) is 0 Å². The minimum Gasteiger partial charge on any atom is -0.478 e. The van der Waals surface area contributed by atoms with Gasteiger partial charge in [-0.25, -0.2) is 4.79 Å². The van der Waals surface area contributed by atoms with E-state index < -0.39 is 5.97 Å². The second kappa shape index (κ2) is 12.2. The summed E-state index contributed by atoms with van der Waals surface area (Å²) in [6.45, 7) is 2.82. The summed E-state index contributed by atoms with van der Waals surface area (Å²) >= 11 is 3.35. The van der Waals surface area contributed by atoms with Crippen molar-refractivity contribution in [3.8, 4) is 11.5 Å². The van der Waals surface area contributed by atoms with Crippen LogP contribution in [-0.2, 0) is 11.3 Å². The minimum atomic E-state index is -0.938. The number of amides is 1. The van der Waals surface area contributed by atoms with Crippen molar-refractivity contribution >= 4 is 33.5 Å². The lowest BCUT2D eigenvalue weighted by Crippen LogP contribution is -2.45. The molecule has 2 N–H and O–H groups in total. The number of hydrogen-bond acceptors (Lipinski definition) is 5. The molecule has 0 radical (unpaired) electrons. The first-order valence-corrected chi connectivity index (χ1v) is 12.7. The zero-order valence-electron chi connectivity index (χ0n) is 20.2. The van der Waals surface area contributed by atoms with Crippen LogP contribution in [0.15, 0.2) is 77.3 Å². The molecule has 0 aliphatic carbocycles. The van der Waals surface area contributed by atoms with E-state index in [1.807, 2.05) is 66.7 Å². The largest absolute Gasteiger partial charge is 0.478 e. The van der Waals surface area contributed by atoms with Gasteiger partial charge in [0.05, 0.1) is 12.1 Å². The summed E-state index contributed by atoms with van der Waals surface area (Å²) in [4.78, 5) is 28.3. The number of nitrogens with zero attached hydrogens (tertiary/aromatic N) is 2. The summed E-state index contributed by atoms with van der Waals surface area (Å²) in [5.74, 6) is 0.525. The molecular weight excluding hydrogens is 522 g/mol. The Morgan fingerprint density at radius 2 is 1.69 bits per heavy atom. The fourth-order valence-corrected chi connectivity index (χ4v) is 5.00.